The van der Waals surface area contributed by atoms with Gasteiger partial charge in [-0.05, 0) is 102 Å². The smallest absolute Gasteiger partial charge is 0.00308 e. The van der Waals surface area contributed by atoms with Gasteiger partial charge in [-0.3, -0.25) is 0 Å². The Balaban J connectivity index is 2.35. The number of rotatable bonds is 2. The van der Waals surface area contributed by atoms with Crippen LogP contribution in [0.2, 0.25) is 0 Å². The summed E-state index contributed by atoms with van der Waals surface area (Å²) in [6.45, 7) is 13.3. The Bertz CT molecular complexity index is 964. The van der Waals surface area contributed by atoms with E-state index in [1.54, 1.807) is 0 Å². The summed E-state index contributed by atoms with van der Waals surface area (Å²) in [4.78, 5) is 0. The lowest BCUT2D eigenvalue weighted by Crippen LogP contribution is -2.03. The van der Waals surface area contributed by atoms with Gasteiger partial charge in [0.15, 0.2) is 0 Å². The third kappa shape index (κ3) is 3.05. The summed E-state index contributed by atoms with van der Waals surface area (Å²) >= 11 is 0. The van der Waals surface area contributed by atoms with E-state index in [0.717, 1.165) is 0 Å². The molecule has 0 saturated carbocycles. The maximum atomic E-state index is 2.93. The summed E-state index contributed by atoms with van der Waals surface area (Å²) < 4.78 is 0. The third-order valence-electron chi connectivity index (χ3n) is 5.77. The van der Waals surface area contributed by atoms with Crippen LogP contribution in [0.15, 0.2) is 42.5 Å². The van der Waals surface area contributed by atoms with E-state index in [0.29, 0.717) is 0 Å². The van der Waals surface area contributed by atoms with Crippen LogP contribution in [0.5, 0.6) is 0 Å². The van der Waals surface area contributed by atoms with Crippen molar-refractivity contribution in [2.75, 3.05) is 0 Å². The van der Waals surface area contributed by atoms with Crippen molar-refractivity contribution in [3.63, 3.8) is 0 Å². The van der Waals surface area contributed by atoms with Gasteiger partial charge < -0.3 is 0 Å². The highest BCUT2D eigenvalue weighted by Crippen LogP contribution is 2.37. The second-order valence-corrected chi connectivity index (χ2v) is 7.75. The Morgan fingerprint density at radius 1 is 0.520 bits per heavy atom. The fourth-order valence-electron chi connectivity index (χ4n) is 3.57. The standard InChI is InChI=1S/C24H27P/c1-14-10-12-20(18(5)16(14)3)22-8-7-9-23(25)24(22)21-13-11-15(2)17(4)19(21)6/h7-13H,25H2,1-6H3. The number of benzene rings is 3. The molecule has 0 fully saturated rings. The Morgan fingerprint density at radius 3 is 1.64 bits per heavy atom. The van der Waals surface area contributed by atoms with Gasteiger partial charge in [0.2, 0.25) is 0 Å². The topological polar surface area (TPSA) is 0 Å². The minimum Gasteiger partial charge on any atom is -0.105 e. The first-order valence-corrected chi connectivity index (χ1v) is 9.43. The monoisotopic (exact) mass is 346 g/mol. The second kappa shape index (κ2) is 6.77. The lowest BCUT2D eigenvalue weighted by atomic mass is 9.86. The van der Waals surface area contributed by atoms with Crippen LogP contribution < -0.4 is 5.30 Å². The average Bonchev–Trinajstić information content (AvgIpc) is 2.59. The summed E-state index contributed by atoms with van der Waals surface area (Å²) in [5.74, 6) is 0. The summed E-state index contributed by atoms with van der Waals surface area (Å²) in [5, 5.41) is 1.25. The molecule has 0 aliphatic heterocycles. The summed E-state index contributed by atoms with van der Waals surface area (Å²) in [6, 6.07) is 15.6. The zero-order valence-electron chi connectivity index (χ0n) is 16.1. The van der Waals surface area contributed by atoms with Crippen molar-refractivity contribution < 1.29 is 0 Å². The van der Waals surface area contributed by atoms with Crippen LogP contribution in [0, 0.1) is 41.5 Å². The molecule has 0 radical (unpaired) electrons. The molecule has 1 unspecified atom stereocenters. The van der Waals surface area contributed by atoms with Crippen molar-refractivity contribution in [3.8, 4) is 22.3 Å². The molecular weight excluding hydrogens is 319 g/mol. The van der Waals surface area contributed by atoms with Crippen LogP contribution in [-0.4, -0.2) is 0 Å². The molecule has 0 amide bonds. The van der Waals surface area contributed by atoms with Crippen molar-refractivity contribution in [1.29, 1.82) is 0 Å². The highest BCUT2D eigenvalue weighted by atomic mass is 31.0. The van der Waals surface area contributed by atoms with Gasteiger partial charge in [0.05, 0.1) is 0 Å². The molecule has 3 rings (SSSR count). The molecule has 25 heavy (non-hydrogen) atoms. The largest absolute Gasteiger partial charge is 0.105 e. The maximum Gasteiger partial charge on any atom is -0.00308 e. The fraction of sp³-hybridized carbons (Fsp3) is 0.250. The molecule has 0 aliphatic rings. The van der Waals surface area contributed by atoms with Gasteiger partial charge in [-0.25, -0.2) is 0 Å². The first-order valence-electron chi connectivity index (χ1n) is 8.85. The molecule has 0 spiro atoms. The molecule has 0 aliphatic carbocycles. The Labute approximate surface area is 154 Å². The van der Waals surface area contributed by atoms with Crippen LogP contribution in [0.1, 0.15) is 33.4 Å². The highest BCUT2D eigenvalue weighted by Gasteiger charge is 2.16. The molecule has 0 nitrogen and oxygen atoms in total. The lowest BCUT2D eigenvalue weighted by molar-refractivity contribution is 1.26. The molecule has 0 N–H and O–H groups in total. The maximum absolute atomic E-state index is 2.93. The Morgan fingerprint density at radius 2 is 1.04 bits per heavy atom. The molecule has 1 heteroatoms. The zero-order valence-corrected chi connectivity index (χ0v) is 17.3. The van der Waals surface area contributed by atoms with Crippen LogP contribution in [0.3, 0.4) is 0 Å². The van der Waals surface area contributed by atoms with Crippen LogP contribution in [0.25, 0.3) is 22.3 Å². The minimum atomic E-state index is 1.25. The normalized spacial score (nSPS) is 11.0. The summed E-state index contributed by atoms with van der Waals surface area (Å²) in [6.07, 6.45) is 0. The molecule has 128 valence electrons. The lowest BCUT2D eigenvalue weighted by Gasteiger charge is -2.20. The molecule has 0 aromatic heterocycles. The van der Waals surface area contributed by atoms with E-state index in [9.17, 15) is 0 Å². The fourth-order valence-corrected chi connectivity index (χ4v) is 3.99. The van der Waals surface area contributed by atoms with E-state index in [2.05, 4.69) is 93.2 Å². The first-order chi connectivity index (χ1) is 11.8. The predicted octanol–water partition coefficient (Wildman–Crippen LogP) is 6.37. The highest BCUT2D eigenvalue weighted by molar-refractivity contribution is 7.28. The number of aryl methyl sites for hydroxylation is 2. The third-order valence-corrected chi connectivity index (χ3v) is 6.25. The average molecular weight is 346 g/mol. The van der Waals surface area contributed by atoms with Gasteiger partial charge in [0.25, 0.3) is 0 Å². The van der Waals surface area contributed by atoms with Gasteiger partial charge in [0.1, 0.15) is 0 Å². The van der Waals surface area contributed by atoms with Crippen molar-refractivity contribution >= 4 is 14.5 Å². The zero-order chi connectivity index (χ0) is 18.3. The molecule has 0 heterocycles. The van der Waals surface area contributed by atoms with E-state index >= 15 is 0 Å². The van der Waals surface area contributed by atoms with Crippen molar-refractivity contribution in [2.24, 2.45) is 0 Å². The second-order valence-electron chi connectivity index (χ2n) is 7.13. The Hall–Kier alpha value is -1.91. The van der Waals surface area contributed by atoms with E-state index in [1.807, 2.05) is 0 Å². The van der Waals surface area contributed by atoms with E-state index in [4.69, 9.17) is 0 Å². The summed E-state index contributed by atoms with van der Waals surface area (Å²) in [5.41, 5.74) is 13.5. The van der Waals surface area contributed by atoms with Gasteiger partial charge in [-0.15, -0.1) is 9.24 Å². The van der Waals surface area contributed by atoms with E-state index in [1.165, 1.54) is 60.9 Å². The molecule has 1 atom stereocenters. The minimum absolute atomic E-state index is 1.25. The van der Waals surface area contributed by atoms with E-state index < -0.39 is 0 Å². The van der Waals surface area contributed by atoms with Crippen LogP contribution >= 0.6 is 9.24 Å². The van der Waals surface area contributed by atoms with Crippen LogP contribution in [0.4, 0.5) is 0 Å². The Kier molecular flexibility index (Phi) is 4.85. The van der Waals surface area contributed by atoms with Gasteiger partial charge in [-0.2, -0.15) is 0 Å². The molecule has 3 aromatic rings. The predicted molar refractivity (Wildman–Crippen MR) is 115 cm³/mol. The van der Waals surface area contributed by atoms with Crippen molar-refractivity contribution in [3.05, 3.63) is 75.8 Å². The van der Waals surface area contributed by atoms with Gasteiger partial charge in [-0.1, -0.05) is 42.5 Å². The first kappa shape index (κ1) is 17.9. The van der Waals surface area contributed by atoms with Gasteiger partial charge in [0, 0.05) is 0 Å². The SMILES string of the molecule is Cc1ccc(-c2cccc(P)c2-c2ccc(C)c(C)c2C)c(C)c1C. The molecule has 0 bridgehead atoms. The number of hydrogen-bond donors (Lipinski definition) is 0. The van der Waals surface area contributed by atoms with Crippen molar-refractivity contribution in [1.82, 2.24) is 0 Å². The molecule has 0 saturated heterocycles. The number of hydrogen-bond acceptors (Lipinski definition) is 0. The molecular formula is C24H27P. The van der Waals surface area contributed by atoms with E-state index in [-0.39, 0.29) is 0 Å². The molecule has 3 aromatic carbocycles. The van der Waals surface area contributed by atoms with Crippen LogP contribution in [-0.2, 0) is 0 Å². The van der Waals surface area contributed by atoms with Crippen molar-refractivity contribution in [2.45, 2.75) is 41.5 Å². The summed E-state index contributed by atoms with van der Waals surface area (Å²) in [7, 11) is 2.93. The quantitative estimate of drug-likeness (QED) is 0.473. The van der Waals surface area contributed by atoms with Gasteiger partial charge >= 0.3 is 0 Å².